The van der Waals surface area contributed by atoms with Gasteiger partial charge in [0, 0.05) is 34.6 Å². The van der Waals surface area contributed by atoms with Crippen molar-refractivity contribution in [3.05, 3.63) is 101 Å². The molecular weight excluding hydrogens is 488 g/mol. The molecule has 2 N–H and O–H groups in total. The highest BCUT2D eigenvalue weighted by Crippen LogP contribution is 2.45. The smallest absolute Gasteiger partial charge is 0.332 e. The third-order valence-electron chi connectivity index (χ3n) is 8.61. The van der Waals surface area contributed by atoms with Gasteiger partial charge in [0.25, 0.3) is 11.8 Å². The zero-order valence-electron chi connectivity index (χ0n) is 21.8. The lowest BCUT2D eigenvalue weighted by molar-refractivity contribution is -0.120. The van der Waals surface area contributed by atoms with Gasteiger partial charge in [-0.3, -0.25) is 14.5 Å². The Labute approximate surface area is 226 Å². The fraction of sp³-hybridized carbons (Fsp3) is 0.281. The van der Waals surface area contributed by atoms with E-state index in [0.717, 1.165) is 59.0 Å². The Balaban J connectivity index is 1.26. The first-order valence-electron chi connectivity index (χ1n) is 13.7. The van der Waals surface area contributed by atoms with E-state index in [4.69, 9.17) is 0 Å². The average molecular weight is 519 g/mol. The number of aromatic amines is 1. The predicted molar refractivity (Wildman–Crippen MR) is 150 cm³/mol. The van der Waals surface area contributed by atoms with Crippen LogP contribution in [0.3, 0.4) is 0 Å². The van der Waals surface area contributed by atoms with Gasteiger partial charge in [-0.2, -0.15) is 0 Å². The lowest BCUT2D eigenvalue weighted by Crippen LogP contribution is -2.44. The van der Waals surface area contributed by atoms with Crippen molar-refractivity contribution < 1.29 is 14.4 Å². The topological polar surface area (TPSA) is 85.5 Å². The number of nitrogens with zero attached hydrogens (tertiary/aromatic N) is 2. The Morgan fingerprint density at radius 2 is 1.64 bits per heavy atom. The van der Waals surface area contributed by atoms with E-state index in [1.54, 1.807) is 29.2 Å². The van der Waals surface area contributed by atoms with Gasteiger partial charge in [0.1, 0.15) is 12.1 Å². The molecule has 7 nitrogen and oxygen atoms in total. The Hall–Kier alpha value is -4.39. The van der Waals surface area contributed by atoms with Crippen LogP contribution >= 0.6 is 0 Å². The van der Waals surface area contributed by atoms with Crippen LogP contribution < -0.4 is 10.2 Å². The summed E-state index contributed by atoms with van der Waals surface area (Å²) in [6.07, 6.45) is 4.76. The minimum atomic E-state index is -0.612. The second-order valence-corrected chi connectivity index (χ2v) is 10.9. The SMILES string of the molecule is Cc1ccccc1C1c2[nH]c3ccccc3c2CC2C(=O)N(c3ccc(C(=O)NC4CCCC4)cc3)C(=O)N21. The number of aromatic nitrogens is 1. The quantitative estimate of drug-likeness (QED) is 0.343. The lowest BCUT2D eigenvalue weighted by Gasteiger charge is -2.36. The number of urea groups is 1. The first-order valence-corrected chi connectivity index (χ1v) is 13.7. The van der Waals surface area contributed by atoms with Crippen molar-refractivity contribution >= 4 is 34.4 Å². The number of nitrogens with one attached hydrogen (secondary N) is 2. The number of amides is 4. The van der Waals surface area contributed by atoms with Gasteiger partial charge in [0.15, 0.2) is 0 Å². The number of benzene rings is 3. The molecule has 1 aromatic heterocycles. The van der Waals surface area contributed by atoms with E-state index in [0.29, 0.717) is 17.7 Å². The highest BCUT2D eigenvalue weighted by Gasteiger charge is 2.53. The molecule has 4 aromatic rings. The predicted octanol–water partition coefficient (Wildman–Crippen LogP) is 5.63. The molecule has 7 heteroatoms. The van der Waals surface area contributed by atoms with Crippen molar-refractivity contribution in [1.29, 1.82) is 0 Å². The molecule has 2 unspecified atom stereocenters. The maximum absolute atomic E-state index is 14.1. The molecule has 2 aliphatic heterocycles. The number of carbonyl (C=O) groups is 3. The van der Waals surface area contributed by atoms with Crippen LogP contribution in [-0.4, -0.2) is 39.8 Å². The fourth-order valence-corrected chi connectivity index (χ4v) is 6.63. The van der Waals surface area contributed by atoms with Crippen LogP contribution in [-0.2, 0) is 11.2 Å². The van der Waals surface area contributed by atoms with E-state index in [1.165, 1.54) is 4.90 Å². The Morgan fingerprint density at radius 1 is 0.923 bits per heavy atom. The zero-order chi connectivity index (χ0) is 26.7. The molecule has 2 fully saturated rings. The maximum Gasteiger partial charge on any atom is 0.332 e. The molecule has 3 heterocycles. The summed E-state index contributed by atoms with van der Waals surface area (Å²) in [6.45, 7) is 2.04. The molecule has 39 heavy (non-hydrogen) atoms. The van der Waals surface area contributed by atoms with Gasteiger partial charge >= 0.3 is 6.03 Å². The molecule has 1 saturated carbocycles. The van der Waals surface area contributed by atoms with E-state index in [1.807, 2.05) is 49.4 Å². The first kappa shape index (κ1) is 23.7. The van der Waals surface area contributed by atoms with Gasteiger partial charge in [-0.15, -0.1) is 0 Å². The highest BCUT2D eigenvalue weighted by molar-refractivity contribution is 6.22. The summed E-state index contributed by atoms with van der Waals surface area (Å²) >= 11 is 0. The molecule has 1 aliphatic carbocycles. The van der Waals surface area contributed by atoms with Gasteiger partial charge in [-0.05, 0) is 66.8 Å². The van der Waals surface area contributed by atoms with Gasteiger partial charge in [0.05, 0.1) is 5.69 Å². The highest BCUT2D eigenvalue weighted by atomic mass is 16.2. The normalized spacial score (nSPS) is 20.9. The van der Waals surface area contributed by atoms with Crippen LogP contribution in [0.2, 0.25) is 0 Å². The van der Waals surface area contributed by atoms with E-state index < -0.39 is 12.1 Å². The van der Waals surface area contributed by atoms with Crippen LogP contribution in [0.1, 0.15) is 64.5 Å². The van der Waals surface area contributed by atoms with Gasteiger partial charge in [-0.25, -0.2) is 9.69 Å². The van der Waals surface area contributed by atoms with Crippen LogP contribution in [0.15, 0.2) is 72.8 Å². The van der Waals surface area contributed by atoms with Gasteiger partial charge in [0.2, 0.25) is 0 Å². The molecule has 196 valence electrons. The number of carbonyl (C=O) groups excluding carboxylic acids is 3. The van der Waals surface area contributed by atoms with Crippen LogP contribution in [0, 0.1) is 6.92 Å². The number of anilines is 1. The Morgan fingerprint density at radius 3 is 2.41 bits per heavy atom. The number of H-pyrrole nitrogens is 1. The van der Waals surface area contributed by atoms with Crippen molar-refractivity contribution in [3.8, 4) is 0 Å². The number of fused-ring (bicyclic) bond motifs is 4. The molecule has 1 saturated heterocycles. The summed E-state index contributed by atoms with van der Waals surface area (Å²) in [5.41, 5.74) is 6.12. The van der Waals surface area contributed by atoms with Gasteiger partial charge in [-0.1, -0.05) is 55.3 Å². The van der Waals surface area contributed by atoms with Crippen molar-refractivity contribution in [2.75, 3.05) is 4.90 Å². The molecular formula is C32H30N4O3. The summed E-state index contributed by atoms with van der Waals surface area (Å²) in [4.78, 5) is 47.3. The molecule has 7 rings (SSSR count). The second-order valence-electron chi connectivity index (χ2n) is 10.9. The third-order valence-corrected chi connectivity index (χ3v) is 8.61. The minimum absolute atomic E-state index is 0.116. The second kappa shape index (κ2) is 9.12. The molecule has 3 aliphatic rings. The third kappa shape index (κ3) is 3.75. The number of aryl methyl sites for hydroxylation is 1. The number of hydrogen-bond donors (Lipinski definition) is 2. The number of imide groups is 1. The first-order chi connectivity index (χ1) is 19.0. The monoisotopic (exact) mass is 518 g/mol. The summed E-state index contributed by atoms with van der Waals surface area (Å²) in [5.74, 6) is -0.354. The van der Waals surface area contributed by atoms with E-state index in [2.05, 4.69) is 16.4 Å². The minimum Gasteiger partial charge on any atom is -0.356 e. The van der Waals surface area contributed by atoms with E-state index >= 15 is 0 Å². The van der Waals surface area contributed by atoms with Crippen LogP contribution in [0.5, 0.6) is 0 Å². The average Bonchev–Trinajstić information content (AvgIpc) is 3.65. The number of para-hydroxylation sites is 1. The van der Waals surface area contributed by atoms with Crippen LogP contribution in [0.4, 0.5) is 10.5 Å². The Kier molecular flexibility index (Phi) is 5.54. The number of rotatable bonds is 4. The summed E-state index contributed by atoms with van der Waals surface area (Å²) < 4.78 is 0. The van der Waals surface area contributed by atoms with Crippen molar-refractivity contribution in [1.82, 2.24) is 15.2 Å². The maximum atomic E-state index is 14.1. The fourth-order valence-electron chi connectivity index (χ4n) is 6.63. The summed E-state index contributed by atoms with van der Waals surface area (Å²) in [5, 5.41) is 4.18. The van der Waals surface area contributed by atoms with Crippen molar-refractivity contribution in [2.24, 2.45) is 0 Å². The molecule has 0 spiro atoms. The molecule has 4 amide bonds. The Bertz CT molecular complexity index is 1620. The van der Waals surface area contributed by atoms with Gasteiger partial charge < -0.3 is 10.3 Å². The standard InChI is InChI=1S/C32H30N4O3/c1-19-8-2-5-11-23(19)29-28-25(24-12-6-7-13-26(24)34-28)18-27-31(38)35(32(39)36(27)29)22-16-14-20(15-17-22)30(37)33-21-9-3-4-10-21/h2,5-8,11-17,21,27,29,34H,3-4,9-10,18H2,1H3,(H,33,37). The van der Waals surface area contributed by atoms with E-state index in [-0.39, 0.29) is 23.9 Å². The van der Waals surface area contributed by atoms with Crippen molar-refractivity contribution in [3.63, 3.8) is 0 Å². The van der Waals surface area contributed by atoms with Crippen molar-refractivity contribution in [2.45, 2.75) is 57.2 Å². The molecule has 3 aromatic carbocycles. The zero-order valence-corrected chi connectivity index (χ0v) is 21.8. The van der Waals surface area contributed by atoms with E-state index in [9.17, 15) is 14.4 Å². The summed E-state index contributed by atoms with van der Waals surface area (Å²) in [6, 6.07) is 21.8. The molecule has 0 radical (unpaired) electrons. The number of hydrogen-bond acceptors (Lipinski definition) is 3. The molecule has 0 bridgehead atoms. The summed E-state index contributed by atoms with van der Waals surface area (Å²) in [7, 11) is 0. The molecule has 2 atom stereocenters. The lowest BCUT2D eigenvalue weighted by atomic mass is 9.87. The largest absolute Gasteiger partial charge is 0.356 e. The van der Waals surface area contributed by atoms with Crippen LogP contribution in [0.25, 0.3) is 10.9 Å².